The molecule has 0 aliphatic carbocycles. The highest BCUT2D eigenvalue weighted by molar-refractivity contribution is 5.93. The summed E-state index contributed by atoms with van der Waals surface area (Å²) in [5.41, 5.74) is 6.71. The first kappa shape index (κ1) is 10.5. The van der Waals surface area contributed by atoms with E-state index in [1.807, 2.05) is 18.2 Å². The summed E-state index contributed by atoms with van der Waals surface area (Å²) in [6.07, 6.45) is 3.61. The van der Waals surface area contributed by atoms with E-state index in [4.69, 9.17) is 5.73 Å². The van der Waals surface area contributed by atoms with Crippen LogP contribution in [0.4, 0.5) is 0 Å². The van der Waals surface area contributed by atoms with Gasteiger partial charge in [0.2, 0.25) is 0 Å². The van der Waals surface area contributed by atoms with E-state index in [1.54, 1.807) is 18.2 Å². The van der Waals surface area contributed by atoms with Crippen molar-refractivity contribution >= 4 is 12.0 Å². The Bertz CT molecular complexity index is 345. The van der Waals surface area contributed by atoms with Crippen LogP contribution in [0.3, 0.4) is 0 Å². The molecule has 0 aromatic heterocycles. The smallest absolute Gasteiger partial charge is 0.338 e. The molecule has 1 aromatic carbocycles. The standard InChI is InChI=1S/C11H13NO2/c1-14-11(13)10-7-3-2-5-9(10)6-4-8-12/h2-7H,8,12H2,1H3/b6-4+. The van der Waals surface area contributed by atoms with Crippen molar-refractivity contribution in [1.82, 2.24) is 0 Å². The predicted molar refractivity (Wildman–Crippen MR) is 55.9 cm³/mol. The zero-order valence-electron chi connectivity index (χ0n) is 8.07. The van der Waals surface area contributed by atoms with E-state index < -0.39 is 0 Å². The first-order chi connectivity index (χ1) is 6.79. The lowest BCUT2D eigenvalue weighted by molar-refractivity contribution is 0.0600. The molecular weight excluding hydrogens is 178 g/mol. The van der Waals surface area contributed by atoms with E-state index in [0.717, 1.165) is 5.56 Å². The minimum Gasteiger partial charge on any atom is -0.465 e. The summed E-state index contributed by atoms with van der Waals surface area (Å²) in [5, 5.41) is 0. The van der Waals surface area contributed by atoms with Crippen molar-refractivity contribution in [2.75, 3.05) is 13.7 Å². The minimum atomic E-state index is -0.331. The van der Waals surface area contributed by atoms with Gasteiger partial charge in [0.25, 0.3) is 0 Å². The molecule has 0 saturated carbocycles. The van der Waals surface area contributed by atoms with E-state index in [1.165, 1.54) is 7.11 Å². The molecule has 1 rings (SSSR count). The molecule has 0 heterocycles. The summed E-state index contributed by atoms with van der Waals surface area (Å²) in [5.74, 6) is -0.331. The minimum absolute atomic E-state index is 0.331. The lowest BCUT2D eigenvalue weighted by Crippen LogP contribution is -2.03. The quantitative estimate of drug-likeness (QED) is 0.735. The van der Waals surface area contributed by atoms with E-state index in [2.05, 4.69) is 4.74 Å². The summed E-state index contributed by atoms with van der Waals surface area (Å²) in [7, 11) is 1.37. The third-order valence-electron chi connectivity index (χ3n) is 1.80. The van der Waals surface area contributed by atoms with Gasteiger partial charge < -0.3 is 10.5 Å². The molecule has 0 radical (unpaired) electrons. The molecule has 0 saturated heterocycles. The van der Waals surface area contributed by atoms with Crippen molar-refractivity contribution < 1.29 is 9.53 Å². The van der Waals surface area contributed by atoms with Gasteiger partial charge in [-0.1, -0.05) is 30.4 Å². The maximum atomic E-state index is 11.3. The number of rotatable bonds is 3. The topological polar surface area (TPSA) is 52.3 Å². The van der Waals surface area contributed by atoms with Crippen molar-refractivity contribution in [1.29, 1.82) is 0 Å². The van der Waals surface area contributed by atoms with Crippen LogP contribution < -0.4 is 5.73 Å². The number of nitrogens with two attached hydrogens (primary N) is 1. The van der Waals surface area contributed by atoms with Gasteiger partial charge in [-0.25, -0.2) is 4.79 Å². The molecule has 3 nitrogen and oxygen atoms in total. The van der Waals surface area contributed by atoms with Crippen LogP contribution in [0.15, 0.2) is 30.3 Å². The second-order valence-electron chi connectivity index (χ2n) is 2.72. The molecule has 0 unspecified atom stereocenters. The highest BCUT2D eigenvalue weighted by Crippen LogP contribution is 2.11. The van der Waals surface area contributed by atoms with Crippen molar-refractivity contribution in [3.63, 3.8) is 0 Å². The number of carbonyl (C=O) groups is 1. The van der Waals surface area contributed by atoms with E-state index >= 15 is 0 Å². The molecule has 3 heteroatoms. The predicted octanol–water partition coefficient (Wildman–Crippen LogP) is 1.45. The Hall–Kier alpha value is -1.61. The summed E-state index contributed by atoms with van der Waals surface area (Å²) >= 11 is 0. The Kier molecular flexibility index (Phi) is 3.88. The Labute approximate surface area is 83.2 Å². The molecule has 74 valence electrons. The zero-order chi connectivity index (χ0) is 10.4. The Balaban J connectivity index is 3.03. The third-order valence-corrected chi connectivity index (χ3v) is 1.80. The average molecular weight is 191 g/mol. The van der Waals surface area contributed by atoms with E-state index in [9.17, 15) is 4.79 Å². The number of methoxy groups -OCH3 is 1. The number of carbonyl (C=O) groups excluding carboxylic acids is 1. The van der Waals surface area contributed by atoms with Crippen LogP contribution in [0, 0.1) is 0 Å². The second-order valence-corrected chi connectivity index (χ2v) is 2.72. The monoisotopic (exact) mass is 191 g/mol. The van der Waals surface area contributed by atoms with Crippen LogP contribution >= 0.6 is 0 Å². The van der Waals surface area contributed by atoms with Gasteiger partial charge in [-0.15, -0.1) is 0 Å². The number of ether oxygens (including phenoxy) is 1. The van der Waals surface area contributed by atoms with Crippen LogP contribution in [-0.4, -0.2) is 19.6 Å². The number of hydrogen-bond acceptors (Lipinski definition) is 3. The summed E-state index contributed by atoms with van der Waals surface area (Å²) in [4.78, 5) is 11.3. The molecular formula is C11H13NO2. The van der Waals surface area contributed by atoms with Crippen LogP contribution in [-0.2, 0) is 4.74 Å². The van der Waals surface area contributed by atoms with Crippen LogP contribution in [0.1, 0.15) is 15.9 Å². The summed E-state index contributed by atoms with van der Waals surface area (Å²) < 4.78 is 4.65. The van der Waals surface area contributed by atoms with Gasteiger partial charge in [-0.2, -0.15) is 0 Å². The summed E-state index contributed by atoms with van der Waals surface area (Å²) in [6.45, 7) is 0.454. The zero-order valence-corrected chi connectivity index (χ0v) is 8.07. The normalized spacial score (nSPS) is 10.4. The lowest BCUT2D eigenvalue weighted by Gasteiger charge is -2.02. The van der Waals surface area contributed by atoms with Gasteiger partial charge in [-0.3, -0.25) is 0 Å². The van der Waals surface area contributed by atoms with Crippen molar-refractivity contribution in [3.8, 4) is 0 Å². The Morgan fingerprint density at radius 2 is 2.21 bits per heavy atom. The Morgan fingerprint density at radius 1 is 1.50 bits per heavy atom. The largest absolute Gasteiger partial charge is 0.465 e. The Morgan fingerprint density at radius 3 is 2.86 bits per heavy atom. The van der Waals surface area contributed by atoms with Crippen LogP contribution in [0.5, 0.6) is 0 Å². The van der Waals surface area contributed by atoms with Crippen molar-refractivity contribution in [2.45, 2.75) is 0 Å². The van der Waals surface area contributed by atoms with Crippen molar-refractivity contribution in [3.05, 3.63) is 41.5 Å². The molecule has 0 fully saturated rings. The molecule has 0 atom stereocenters. The van der Waals surface area contributed by atoms with Gasteiger partial charge in [0.1, 0.15) is 0 Å². The van der Waals surface area contributed by atoms with Crippen LogP contribution in [0.2, 0.25) is 0 Å². The molecule has 0 bridgehead atoms. The van der Waals surface area contributed by atoms with E-state index in [0.29, 0.717) is 12.1 Å². The first-order valence-electron chi connectivity index (χ1n) is 4.33. The SMILES string of the molecule is COC(=O)c1ccccc1/C=C/CN. The lowest BCUT2D eigenvalue weighted by atomic mass is 10.1. The average Bonchev–Trinajstić information content (AvgIpc) is 2.25. The fourth-order valence-electron chi connectivity index (χ4n) is 1.13. The second kappa shape index (κ2) is 5.19. The fraction of sp³-hybridized carbons (Fsp3) is 0.182. The first-order valence-corrected chi connectivity index (χ1v) is 4.33. The molecule has 0 spiro atoms. The highest BCUT2D eigenvalue weighted by Gasteiger charge is 2.07. The molecule has 2 N–H and O–H groups in total. The highest BCUT2D eigenvalue weighted by atomic mass is 16.5. The molecule has 1 aromatic rings. The van der Waals surface area contributed by atoms with Gasteiger partial charge >= 0.3 is 5.97 Å². The molecule has 0 aliphatic heterocycles. The number of hydrogen-bond donors (Lipinski definition) is 1. The van der Waals surface area contributed by atoms with Crippen LogP contribution in [0.25, 0.3) is 6.08 Å². The fourth-order valence-corrected chi connectivity index (χ4v) is 1.13. The van der Waals surface area contributed by atoms with Crippen molar-refractivity contribution in [2.24, 2.45) is 5.73 Å². The molecule has 0 aliphatic rings. The maximum Gasteiger partial charge on any atom is 0.338 e. The number of esters is 1. The third kappa shape index (κ3) is 2.44. The van der Waals surface area contributed by atoms with Gasteiger partial charge in [0, 0.05) is 6.54 Å². The van der Waals surface area contributed by atoms with Gasteiger partial charge in [-0.05, 0) is 11.6 Å². The number of benzene rings is 1. The van der Waals surface area contributed by atoms with Gasteiger partial charge in [0.05, 0.1) is 12.7 Å². The molecule has 14 heavy (non-hydrogen) atoms. The van der Waals surface area contributed by atoms with Gasteiger partial charge in [0.15, 0.2) is 0 Å². The summed E-state index contributed by atoms with van der Waals surface area (Å²) in [6, 6.07) is 7.23. The maximum absolute atomic E-state index is 11.3. The molecule has 0 amide bonds. The van der Waals surface area contributed by atoms with E-state index in [-0.39, 0.29) is 5.97 Å².